The summed E-state index contributed by atoms with van der Waals surface area (Å²) >= 11 is 3.79. The molecule has 0 amide bonds. The summed E-state index contributed by atoms with van der Waals surface area (Å²) < 4.78 is 3.80. The van der Waals surface area contributed by atoms with Gasteiger partial charge in [-0.1, -0.05) is 41.4 Å². The van der Waals surface area contributed by atoms with Crippen LogP contribution < -0.4 is 0 Å². The molecule has 2 N–H and O–H groups in total. The lowest BCUT2D eigenvalue weighted by atomic mass is 9.46. The Morgan fingerprint density at radius 2 is 1.94 bits per heavy atom. The predicted octanol–water partition coefficient (Wildman–Crippen LogP) is 1.82. The summed E-state index contributed by atoms with van der Waals surface area (Å²) in [5, 5.41) is 22.4. The van der Waals surface area contributed by atoms with Gasteiger partial charge in [-0.05, 0) is 43.3 Å². The summed E-state index contributed by atoms with van der Waals surface area (Å²) in [6, 6.07) is 0. The third kappa shape index (κ3) is 2.70. The molecule has 31 heavy (non-hydrogen) atoms. The normalized spacial score (nSPS) is 46.0. The van der Waals surface area contributed by atoms with Gasteiger partial charge >= 0.3 is 5.97 Å². The van der Waals surface area contributed by atoms with E-state index in [4.69, 9.17) is 4.74 Å². The van der Waals surface area contributed by atoms with Gasteiger partial charge in [0.2, 0.25) is 5.78 Å². The molecule has 3 saturated carbocycles. The van der Waals surface area contributed by atoms with Crippen molar-refractivity contribution in [2.45, 2.75) is 62.5 Å². The van der Waals surface area contributed by atoms with Gasteiger partial charge in [0, 0.05) is 24.2 Å². The number of rotatable bonds is 3. The Hall–Kier alpha value is -1.64. The molecule has 0 aromatic heterocycles. The third-order valence-electron chi connectivity index (χ3n) is 8.46. The molecular weight excluding hydrogens is 468 g/mol. The van der Waals surface area contributed by atoms with E-state index >= 15 is 0 Å². The number of ether oxygens (including phenoxy) is 1. The number of aliphatic hydroxyl groups excluding tert-OH is 1. The number of Topliss-reactive ketones (excluding diaryl/α,β-unsaturated/α-hetero) is 2. The Morgan fingerprint density at radius 1 is 1.26 bits per heavy atom. The number of aliphatic hydroxyl groups is 2. The van der Waals surface area contributed by atoms with E-state index in [1.807, 2.05) is 6.92 Å². The molecule has 0 heterocycles. The lowest BCUT2D eigenvalue weighted by Gasteiger charge is -2.61. The third-order valence-corrected chi connectivity index (χ3v) is 10.3. The number of hydrogen-bond donors (Lipinski definition) is 2. The molecule has 0 aromatic carbocycles. The fourth-order valence-corrected chi connectivity index (χ4v) is 7.81. The number of halogens is 1. The number of carbonyl (C=O) groups excluding carboxylic acids is 4. The van der Waals surface area contributed by atoms with Crippen LogP contribution in [0.5, 0.6) is 0 Å². The molecule has 168 valence electrons. The van der Waals surface area contributed by atoms with Crippen LogP contribution in [0.4, 0.5) is 0 Å². The SMILES string of the molecule is CC(=O)OCC(=O)[C@@]1(O)[C@H](O)C[C@H]2[C@@H]3CCC4=CC(=O)C=C[C@]4(C)[C@@]3(Br)C(=O)C[C@@]21C. The van der Waals surface area contributed by atoms with Crippen molar-refractivity contribution in [2.24, 2.45) is 22.7 Å². The van der Waals surface area contributed by atoms with Crippen molar-refractivity contribution in [1.82, 2.24) is 0 Å². The monoisotopic (exact) mass is 494 g/mol. The summed E-state index contributed by atoms with van der Waals surface area (Å²) in [5.41, 5.74) is -3.21. The van der Waals surface area contributed by atoms with Crippen LogP contribution in [0.3, 0.4) is 0 Å². The van der Waals surface area contributed by atoms with Gasteiger partial charge in [0.1, 0.15) is 0 Å². The Kier molecular flexibility index (Phi) is 5.04. The fourth-order valence-electron chi connectivity index (χ4n) is 6.73. The molecule has 0 spiro atoms. The number of esters is 1. The Bertz CT molecular complexity index is 954. The molecule has 7 nitrogen and oxygen atoms in total. The zero-order chi connectivity index (χ0) is 23.0. The highest BCUT2D eigenvalue weighted by Crippen LogP contribution is 2.69. The number of fused-ring (bicyclic) bond motifs is 5. The van der Waals surface area contributed by atoms with Gasteiger partial charge in [-0.2, -0.15) is 0 Å². The lowest BCUT2D eigenvalue weighted by Crippen LogP contribution is -2.68. The maximum atomic E-state index is 13.7. The van der Waals surface area contributed by atoms with Crippen LogP contribution in [0.1, 0.15) is 46.5 Å². The first-order valence-corrected chi connectivity index (χ1v) is 11.3. The van der Waals surface area contributed by atoms with Gasteiger partial charge in [-0.25, -0.2) is 0 Å². The molecule has 0 saturated heterocycles. The van der Waals surface area contributed by atoms with Gasteiger partial charge in [0.05, 0.1) is 10.4 Å². The molecule has 0 aromatic rings. The molecule has 7 atom stereocenters. The van der Waals surface area contributed by atoms with Crippen LogP contribution in [0.15, 0.2) is 23.8 Å². The molecule has 4 aliphatic carbocycles. The van der Waals surface area contributed by atoms with Crippen LogP contribution in [-0.4, -0.2) is 56.2 Å². The fraction of sp³-hybridized carbons (Fsp3) is 0.652. The van der Waals surface area contributed by atoms with Crippen LogP contribution in [0.25, 0.3) is 0 Å². The molecule has 4 rings (SSSR count). The highest BCUT2D eigenvalue weighted by molar-refractivity contribution is 9.10. The van der Waals surface area contributed by atoms with Crippen molar-refractivity contribution in [3.05, 3.63) is 23.8 Å². The number of allylic oxidation sites excluding steroid dienone is 4. The molecule has 0 bridgehead atoms. The topological polar surface area (TPSA) is 118 Å². The van der Waals surface area contributed by atoms with Crippen molar-refractivity contribution in [2.75, 3.05) is 6.61 Å². The summed E-state index contributed by atoms with van der Waals surface area (Å²) in [6.45, 7) is 4.12. The van der Waals surface area contributed by atoms with Crippen LogP contribution in [-0.2, 0) is 23.9 Å². The van der Waals surface area contributed by atoms with Gasteiger partial charge in [-0.3, -0.25) is 19.2 Å². The Labute approximate surface area is 189 Å². The van der Waals surface area contributed by atoms with E-state index in [1.54, 1.807) is 19.1 Å². The molecule has 3 fully saturated rings. The number of alkyl halides is 1. The van der Waals surface area contributed by atoms with Crippen LogP contribution in [0, 0.1) is 22.7 Å². The van der Waals surface area contributed by atoms with Crippen LogP contribution in [0.2, 0.25) is 0 Å². The number of carbonyl (C=O) groups is 4. The largest absolute Gasteiger partial charge is 0.458 e. The highest BCUT2D eigenvalue weighted by atomic mass is 79.9. The van der Waals surface area contributed by atoms with Gasteiger partial charge < -0.3 is 14.9 Å². The summed E-state index contributed by atoms with van der Waals surface area (Å²) in [4.78, 5) is 49.8. The minimum absolute atomic E-state index is 0.100. The lowest BCUT2D eigenvalue weighted by molar-refractivity contribution is -0.180. The minimum Gasteiger partial charge on any atom is -0.458 e. The summed E-state index contributed by atoms with van der Waals surface area (Å²) in [6.07, 6.45) is 4.73. The van der Waals surface area contributed by atoms with Crippen molar-refractivity contribution in [1.29, 1.82) is 0 Å². The number of hydrogen-bond acceptors (Lipinski definition) is 7. The van der Waals surface area contributed by atoms with E-state index in [0.29, 0.717) is 12.8 Å². The van der Waals surface area contributed by atoms with Crippen molar-refractivity contribution < 1.29 is 34.1 Å². The van der Waals surface area contributed by atoms with E-state index in [1.165, 1.54) is 6.08 Å². The Morgan fingerprint density at radius 3 is 2.58 bits per heavy atom. The van der Waals surface area contributed by atoms with E-state index < -0.39 is 45.2 Å². The average molecular weight is 495 g/mol. The second kappa shape index (κ2) is 6.93. The maximum absolute atomic E-state index is 13.7. The maximum Gasteiger partial charge on any atom is 0.303 e. The van der Waals surface area contributed by atoms with Crippen molar-refractivity contribution in [3.63, 3.8) is 0 Å². The highest BCUT2D eigenvalue weighted by Gasteiger charge is 2.75. The predicted molar refractivity (Wildman–Crippen MR) is 113 cm³/mol. The van der Waals surface area contributed by atoms with Crippen molar-refractivity contribution >= 4 is 39.2 Å². The molecule has 8 heteroatoms. The molecule has 0 unspecified atom stereocenters. The second-order valence-electron chi connectivity index (χ2n) is 9.81. The first-order chi connectivity index (χ1) is 14.3. The molecule has 4 aliphatic rings. The second-order valence-corrected chi connectivity index (χ2v) is 11.1. The van der Waals surface area contributed by atoms with Gasteiger partial charge in [0.15, 0.2) is 23.8 Å². The summed E-state index contributed by atoms with van der Waals surface area (Å²) in [5.74, 6) is -2.31. The zero-order valence-electron chi connectivity index (χ0n) is 17.8. The summed E-state index contributed by atoms with van der Waals surface area (Å²) in [7, 11) is 0. The molecule has 0 radical (unpaired) electrons. The van der Waals surface area contributed by atoms with Crippen molar-refractivity contribution in [3.8, 4) is 0 Å². The number of ketones is 3. The minimum atomic E-state index is -2.19. The Balaban J connectivity index is 1.77. The zero-order valence-corrected chi connectivity index (χ0v) is 19.4. The van der Waals surface area contributed by atoms with Gasteiger partial charge in [0.25, 0.3) is 0 Å². The molecular formula is C23H27BrO7. The quantitative estimate of drug-likeness (QED) is 0.453. The van der Waals surface area contributed by atoms with E-state index in [9.17, 15) is 29.4 Å². The van der Waals surface area contributed by atoms with Crippen LogP contribution >= 0.6 is 15.9 Å². The first-order valence-electron chi connectivity index (χ1n) is 10.6. The van der Waals surface area contributed by atoms with E-state index in [2.05, 4.69) is 15.9 Å². The first kappa shape index (κ1) is 22.6. The standard InChI is InChI=1S/C23H27BrO7/c1-12(25)31-11-19(29)23(30)17(27)9-16-15-5-4-13-8-14(26)6-7-20(13,2)22(15,24)18(28)10-21(16,23)3/h6-8,15-17,27,30H,4-5,9-11H2,1-3H3/t15-,16-,17+,20-,21-,22-,23-/m0/s1. The smallest absolute Gasteiger partial charge is 0.303 e. The molecule has 0 aliphatic heterocycles. The van der Waals surface area contributed by atoms with E-state index in [-0.39, 0.29) is 36.2 Å². The van der Waals surface area contributed by atoms with E-state index in [0.717, 1.165) is 12.5 Å². The van der Waals surface area contributed by atoms with Gasteiger partial charge in [-0.15, -0.1) is 0 Å². The average Bonchev–Trinajstić information content (AvgIpc) is 2.89.